The van der Waals surface area contributed by atoms with E-state index >= 15 is 0 Å². The van der Waals surface area contributed by atoms with Crippen LogP contribution >= 0.6 is 0 Å². The maximum atomic E-state index is 13.9. The predicted molar refractivity (Wildman–Crippen MR) is 123 cm³/mol. The zero-order chi connectivity index (χ0) is 20.7. The van der Waals surface area contributed by atoms with Crippen LogP contribution in [0.25, 0.3) is 0 Å². The number of para-hydroxylation sites is 1. The van der Waals surface area contributed by atoms with Crippen molar-refractivity contribution < 1.29 is 4.79 Å². The van der Waals surface area contributed by atoms with Crippen LogP contribution in [0.3, 0.4) is 0 Å². The van der Waals surface area contributed by atoms with Gasteiger partial charge in [0, 0.05) is 29.9 Å². The normalized spacial score (nSPS) is 45.4. The number of hydrogen-bond acceptors (Lipinski definition) is 1. The minimum absolute atomic E-state index is 0.186. The van der Waals surface area contributed by atoms with E-state index in [1.54, 1.807) is 0 Å². The Balaban J connectivity index is 1.52. The van der Waals surface area contributed by atoms with Gasteiger partial charge in [0.15, 0.2) is 0 Å². The van der Waals surface area contributed by atoms with Crippen LogP contribution in [0.1, 0.15) is 83.6 Å². The monoisotopic (exact) mass is 404 g/mol. The standard InChI is InChI=1S/C28H38NO/c1-19-7-4-5-9-24(19)29(20-10-11-20)25-13-12-21-22-8-6-16-27(22,2)17-14-23(21)28(25,3)18-15-26(29)30/h4-5,7,9,13,20-23H,6,8,10-12,14-18H2,1-3H3/q+1/t21-,22-,23-,27-,28+,29?/m0/s1. The van der Waals surface area contributed by atoms with Gasteiger partial charge in [-0.15, -0.1) is 0 Å². The second kappa shape index (κ2) is 6.31. The van der Waals surface area contributed by atoms with E-state index in [0.717, 1.165) is 30.6 Å². The molecular weight excluding hydrogens is 366 g/mol. The molecular formula is C28H38NO+. The fourth-order valence-corrected chi connectivity index (χ4v) is 8.89. The molecule has 0 spiro atoms. The molecule has 1 amide bonds. The molecule has 5 aliphatic rings. The SMILES string of the molecule is Cc1ccccc1[N+]1(C2CC2)C(=O)CC[C@@]2(C)C1=CC[C@H]1[C@@H]3CCC[C@@]3(C)CC[C@@H]12. The van der Waals surface area contributed by atoms with Gasteiger partial charge in [-0.05, 0) is 74.7 Å². The van der Waals surface area contributed by atoms with Gasteiger partial charge < -0.3 is 0 Å². The van der Waals surface area contributed by atoms with Crippen molar-refractivity contribution in [2.24, 2.45) is 28.6 Å². The van der Waals surface area contributed by atoms with E-state index in [1.165, 1.54) is 68.3 Å². The average molecular weight is 405 g/mol. The summed E-state index contributed by atoms with van der Waals surface area (Å²) in [6, 6.07) is 9.23. The minimum atomic E-state index is 0.186. The Hall–Kier alpha value is -1.41. The van der Waals surface area contributed by atoms with Crippen molar-refractivity contribution >= 4 is 11.6 Å². The number of rotatable bonds is 2. The molecule has 0 bridgehead atoms. The number of benzene rings is 1. The van der Waals surface area contributed by atoms with E-state index < -0.39 is 0 Å². The number of carbonyl (C=O) groups is 1. The van der Waals surface area contributed by atoms with Crippen LogP contribution in [0.4, 0.5) is 5.69 Å². The number of carbonyl (C=O) groups excluding carboxylic acids is 1. The Morgan fingerprint density at radius 2 is 1.77 bits per heavy atom. The van der Waals surface area contributed by atoms with Crippen molar-refractivity contribution in [2.45, 2.75) is 91.0 Å². The Kier molecular flexibility index (Phi) is 4.06. The van der Waals surface area contributed by atoms with Gasteiger partial charge in [0.2, 0.25) is 0 Å². The van der Waals surface area contributed by atoms with Crippen LogP contribution in [0, 0.1) is 35.5 Å². The lowest BCUT2D eigenvalue weighted by Gasteiger charge is -2.59. The number of likely N-dealkylation sites (tertiary alicyclic amines) is 1. The highest BCUT2D eigenvalue weighted by atomic mass is 16.2. The van der Waals surface area contributed by atoms with E-state index in [-0.39, 0.29) is 5.41 Å². The maximum absolute atomic E-state index is 13.9. The molecule has 4 fully saturated rings. The highest BCUT2D eigenvalue weighted by Crippen LogP contribution is 2.67. The topological polar surface area (TPSA) is 17.1 Å². The first-order chi connectivity index (χ1) is 14.4. The van der Waals surface area contributed by atoms with Crippen molar-refractivity contribution in [3.8, 4) is 0 Å². The summed E-state index contributed by atoms with van der Waals surface area (Å²) in [6.07, 6.45) is 15.1. The number of piperidine rings is 1. The largest absolute Gasteiger partial charge is 0.323 e. The van der Waals surface area contributed by atoms with E-state index in [1.807, 2.05) is 0 Å². The lowest BCUT2D eigenvalue weighted by atomic mass is 9.49. The molecule has 1 unspecified atom stereocenters. The minimum Gasteiger partial charge on any atom is -0.230 e. The van der Waals surface area contributed by atoms with Crippen LogP contribution in [0.2, 0.25) is 0 Å². The quantitative estimate of drug-likeness (QED) is 0.489. The van der Waals surface area contributed by atoms with E-state index in [2.05, 4.69) is 51.1 Å². The molecule has 6 rings (SSSR count). The first-order valence-corrected chi connectivity index (χ1v) is 12.6. The molecule has 0 aromatic heterocycles. The van der Waals surface area contributed by atoms with Gasteiger partial charge in [-0.3, -0.25) is 0 Å². The van der Waals surface area contributed by atoms with Crippen LogP contribution in [0.5, 0.6) is 0 Å². The zero-order valence-corrected chi connectivity index (χ0v) is 19.1. The first-order valence-electron chi connectivity index (χ1n) is 12.6. The van der Waals surface area contributed by atoms with Gasteiger partial charge in [-0.2, -0.15) is 4.48 Å². The maximum Gasteiger partial charge on any atom is 0.323 e. The van der Waals surface area contributed by atoms with Gasteiger partial charge in [-0.1, -0.05) is 38.5 Å². The third-order valence-corrected chi connectivity index (χ3v) is 10.4. The second-order valence-electron chi connectivity index (χ2n) is 11.8. The number of aryl methyl sites for hydroxylation is 1. The number of quaternary nitrogens is 1. The van der Waals surface area contributed by atoms with Crippen LogP contribution < -0.4 is 4.48 Å². The number of hydrogen-bond donors (Lipinski definition) is 0. The molecule has 0 N–H and O–H groups in total. The fraction of sp³-hybridized carbons (Fsp3) is 0.679. The van der Waals surface area contributed by atoms with Crippen molar-refractivity contribution in [2.75, 3.05) is 0 Å². The molecule has 1 aliphatic heterocycles. The Morgan fingerprint density at radius 3 is 2.53 bits per heavy atom. The highest BCUT2D eigenvalue weighted by Gasteiger charge is 2.66. The van der Waals surface area contributed by atoms with Crippen molar-refractivity contribution in [3.63, 3.8) is 0 Å². The van der Waals surface area contributed by atoms with Crippen molar-refractivity contribution in [1.29, 1.82) is 0 Å². The molecule has 1 aromatic carbocycles. The van der Waals surface area contributed by atoms with E-state index in [9.17, 15) is 4.79 Å². The third kappa shape index (κ3) is 2.32. The number of nitrogens with zero attached hydrogens (tertiary/aromatic N) is 1. The Morgan fingerprint density at radius 1 is 0.967 bits per heavy atom. The molecule has 2 heteroatoms. The molecule has 2 nitrogen and oxygen atoms in total. The van der Waals surface area contributed by atoms with Gasteiger partial charge in [-0.25, -0.2) is 4.79 Å². The first kappa shape index (κ1) is 19.3. The second-order valence-corrected chi connectivity index (χ2v) is 11.8. The third-order valence-electron chi connectivity index (χ3n) is 10.4. The summed E-state index contributed by atoms with van der Waals surface area (Å²) in [5.41, 5.74) is 4.84. The van der Waals surface area contributed by atoms with Gasteiger partial charge in [0.1, 0.15) is 17.4 Å². The fourth-order valence-electron chi connectivity index (χ4n) is 8.89. The molecule has 1 saturated heterocycles. The van der Waals surface area contributed by atoms with Crippen LogP contribution in [0.15, 0.2) is 36.0 Å². The summed E-state index contributed by atoms with van der Waals surface area (Å²) in [7, 11) is 0. The molecule has 30 heavy (non-hydrogen) atoms. The number of amides is 1. The van der Waals surface area contributed by atoms with E-state index in [4.69, 9.17) is 0 Å². The van der Waals surface area contributed by atoms with Crippen molar-refractivity contribution in [1.82, 2.24) is 4.48 Å². The Bertz CT molecular complexity index is 928. The average Bonchev–Trinajstić information content (AvgIpc) is 3.50. The summed E-state index contributed by atoms with van der Waals surface area (Å²) in [4.78, 5) is 13.9. The van der Waals surface area contributed by atoms with Gasteiger partial charge in [0.25, 0.3) is 0 Å². The highest BCUT2D eigenvalue weighted by molar-refractivity contribution is 5.94. The predicted octanol–water partition coefficient (Wildman–Crippen LogP) is 6.91. The summed E-state index contributed by atoms with van der Waals surface area (Å²) in [5, 5.41) is 0. The molecule has 160 valence electrons. The van der Waals surface area contributed by atoms with Crippen molar-refractivity contribution in [3.05, 3.63) is 41.6 Å². The molecule has 6 atom stereocenters. The molecule has 1 aromatic rings. The van der Waals surface area contributed by atoms with Crippen LogP contribution in [-0.2, 0) is 4.79 Å². The summed E-state index contributed by atoms with van der Waals surface area (Å²) in [5.74, 6) is 2.98. The number of fused-ring (bicyclic) bond motifs is 5. The van der Waals surface area contributed by atoms with Gasteiger partial charge in [0.05, 0.1) is 6.42 Å². The molecule has 4 aliphatic carbocycles. The summed E-state index contributed by atoms with van der Waals surface area (Å²) < 4.78 is 0.578. The summed E-state index contributed by atoms with van der Waals surface area (Å²) in [6.45, 7) is 7.37. The molecule has 0 radical (unpaired) electrons. The number of allylic oxidation sites excluding steroid dienone is 2. The smallest absolute Gasteiger partial charge is 0.230 e. The van der Waals surface area contributed by atoms with E-state index in [0.29, 0.717) is 21.8 Å². The molecule has 1 heterocycles. The summed E-state index contributed by atoms with van der Waals surface area (Å²) >= 11 is 0. The lowest BCUT2D eigenvalue weighted by Crippen LogP contribution is -2.65. The molecule has 3 saturated carbocycles. The Labute approximate surface area is 182 Å². The van der Waals surface area contributed by atoms with Crippen LogP contribution in [-0.4, -0.2) is 11.9 Å². The zero-order valence-electron chi connectivity index (χ0n) is 19.1. The van der Waals surface area contributed by atoms with Gasteiger partial charge >= 0.3 is 5.91 Å². The lowest BCUT2D eigenvalue weighted by molar-refractivity contribution is -0.136.